The van der Waals surface area contributed by atoms with E-state index in [4.69, 9.17) is 4.74 Å². The summed E-state index contributed by atoms with van der Waals surface area (Å²) in [5, 5.41) is 23.8. The van der Waals surface area contributed by atoms with Gasteiger partial charge in [-0.3, -0.25) is 10.1 Å². The summed E-state index contributed by atoms with van der Waals surface area (Å²) < 4.78 is 5.04. The number of non-ortho nitro benzene ring substituents is 1. The molecule has 0 unspecified atom stereocenters. The highest BCUT2D eigenvalue weighted by Gasteiger charge is 2.08. The Morgan fingerprint density at radius 3 is 2.71 bits per heavy atom. The van der Waals surface area contributed by atoms with E-state index in [2.05, 4.69) is 5.32 Å². The number of phenolic OH excluding ortho intramolecular Hbond substituents is 1. The van der Waals surface area contributed by atoms with Crippen molar-refractivity contribution in [2.75, 3.05) is 7.11 Å². The second-order valence-electron chi connectivity index (χ2n) is 4.50. The fourth-order valence-corrected chi connectivity index (χ4v) is 2.00. The third kappa shape index (κ3) is 3.70. The molecule has 0 aromatic heterocycles. The number of hydrogen-bond acceptors (Lipinski definition) is 5. The molecule has 2 aromatic rings. The molecule has 0 aliphatic rings. The van der Waals surface area contributed by atoms with E-state index in [9.17, 15) is 15.2 Å². The van der Waals surface area contributed by atoms with Crippen LogP contribution in [0.2, 0.25) is 0 Å². The van der Waals surface area contributed by atoms with Gasteiger partial charge in [0.15, 0.2) is 11.5 Å². The Hall–Kier alpha value is -2.60. The molecule has 0 radical (unpaired) electrons. The third-order valence-corrected chi connectivity index (χ3v) is 3.07. The van der Waals surface area contributed by atoms with Gasteiger partial charge < -0.3 is 15.2 Å². The number of nitrogens with one attached hydrogen (secondary N) is 1. The number of rotatable bonds is 6. The summed E-state index contributed by atoms with van der Waals surface area (Å²) in [5.74, 6) is 0.524. The van der Waals surface area contributed by atoms with E-state index in [1.165, 1.54) is 19.2 Å². The Kier molecular flexibility index (Phi) is 4.73. The molecule has 0 saturated carbocycles. The van der Waals surface area contributed by atoms with Gasteiger partial charge in [-0.2, -0.15) is 0 Å². The van der Waals surface area contributed by atoms with E-state index in [1.807, 2.05) is 6.07 Å². The zero-order valence-corrected chi connectivity index (χ0v) is 11.6. The Labute approximate surface area is 122 Å². The fraction of sp³-hybridized carbons (Fsp3) is 0.200. The molecule has 0 spiro atoms. The molecule has 0 aliphatic carbocycles. The minimum atomic E-state index is -0.419. The Morgan fingerprint density at radius 2 is 2.00 bits per heavy atom. The summed E-state index contributed by atoms with van der Waals surface area (Å²) in [6.45, 7) is 0.907. The molecule has 0 fully saturated rings. The SMILES string of the molecule is COc1cccc(CNCc2cccc([N+](=O)[O-])c2)c1O. The van der Waals surface area contributed by atoms with Gasteiger partial charge in [0.05, 0.1) is 12.0 Å². The van der Waals surface area contributed by atoms with Crippen molar-refractivity contribution in [2.45, 2.75) is 13.1 Å². The standard InChI is InChI=1S/C15H16N2O4/c1-21-14-7-3-5-12(15(14)18)10-16-9-11-4-2-6-13(8-11)17(19)20/h2-8,16,18H,9-10H2,1H3. The van der Waals surface area contributed by atoms with Crippen LogP contribution in [-0.2, 0) is 13.1 Å². The van der Waals surface area contributed by atoms with E-state index >= 15 is 0 Å². The first-order valence-electron chi connectivity index (χ1n) is 6.40. The van der Waals surface area contributed by atoms with Crippen LogP contribution in [0.1, 0.15) is 11.1 Å². The van der Waals surface area contributed by atoms with Gasteiger partial charge in [0.25, 0.3) is 5.69 Å². The summed E-state index contributed by atoms with van der Waals surface area (Å²) in [7, 11) is 1.50. The highest BCUT2D eigenvalue weighted by Crippen LogP contribution is 2.29. The van der Waals surface area contributed by atoms with E-state index in [-0.39, 0.29) is 11.4 Å². The molecular formula is C15H16N2O4. The number of nitro groups is 1. The molecule has 6 heteroatoms. The van der Waals surface area contributed by atoms with Gasteiger partial charge in [0.2, 0.25) is 0 Å². The van der Waals surface area contributed by atoms with Gasteiger partial charge in [0, 0.05) is 30.8 Å². The van der Waals surface area contributed by atoms with Crippen LogP contribution in [0.3, 0.4) is 0 Å². The lowest BCUT2D eigenvalue weighted by atomic mass is 10.1. The lowest BCUT2D eigenvalue weighted by Crippen LogP contribution is -2.13. The second-order valence-corrected chi connectivity index (χ2v) is 4.50. The average Bonchev–Trinajstić information content (AvgIpc) is 2.49. The molecule has 0 heterocycles. The Morgan fingerprint density at radius 1 is 1.24 bits per heavy atom. The molecule has 2 N–H and O–H groups in total. The molecule has 110 valence electrons. The van der Waals surface area contributed by atoms with E-state index < -0.39 is 4.92 Å². The van der Waals surface area contributed by atoms with Crippen molar-refractivity contribution in [3.05, 3.63) is 63.7 Å². The van der Waals surface area contributed by atoms with Crippen molar-refractivity contribution < 1.29 is 14.8 Å². The maximum Gasteiger partial charge on any atom is 0.269 e. The topological polar surface area (TPSA) is 84.6 Å². The van der Waals surface area contributed by atoms with Crippen LogP contribution in [0.25, 0.3) is 0 Å². The third-order valence-electron chi connectivity index (χ3n) is 3.07. The molecule has 21 heavy (non-hydrogen) atoms. The van der Waals surface area contributed by atoms with Gasteiger partial charge in [-0.05, 0) is 11.6 Å². The second kappa shape index (κ2) is 6.71. The fourth-order valence-electron chi connectivity index (χ4n) is 2.00. The Balaban J connectivity index is 1.99. The first kappa shape index (κ1) is 14.8. The Bertz CT molecular complexity index is 643. The maximum absolute atomic E-state index is 10.7. The van der Waals surface area contributed by atoms with Crippen molar-refractivity contribution in [3.8, 4) is 11.5 Å². The first-order chi connectivity index (χ1) is 10.1. The molecule has 0 saturated heterocycles. The molecule has 6 nitrogen and oxygen atoms in total. The van der Waals surface area contributed by atoms with Crippen molar-refractivity contribution in [1.29, 1.82) is 0 Å². The largest absolute Gasteiger partial charge is 0.504 e. The summed E-state index contributed by atoms with van der Waals surface area (Å²) in [6, 6.07) is 11.7. The number of benzene rings is 2. The molecule has 2 rings (SSSR count). The zero-order chi connectivity index (χ0) is 15.2. The summed E-state index contributed by atoms with van der Waals surface area (Å²) in [6.07, 6.45) is 0. The van der Waals surface area contributed by atoms with Gasteiger partial charge >= 0.3 is 0 Å². The summed E-state index contributed by atoms with van der Waals surface area (Å²) >= 11 is 0. The van der Waals surface area contributed by atoms with E-state index in [0.717, 1.165) is 5.56 Å². The quantitative estimate of drug-likeness (QED) is 0.630. The average molecular weight is 288 g/mol. The predicted molar refractivity (Wildman–Crippen MR) is 78.3 cm³/mol. The minimum absolute atomic E-state index is 0.0681. The highest BCUT2D eigenvalue weighted by molar-refractivity contribution is 5.45. The summed E-state index contributed by atoms with van der Waals surface area (Å²) in [4.78, 5) is 10.3. The van der Waals surface area contributed by atoms with Gasteiger partial charge in [0.1, 0.15) is 0 Å². The number of phenols is 1. The normalized spacial score (nSPS) is 10.3. The van der Waals surface area contributed by atoms with Crippen molar-refractivity contribution in [1.82, 2.24) is 5.32 Å². The van der Waals surface area contributed by atoms with Crippen molar-refractivity contribution in [3.63, 3.8) is 0 Å². The van der Waals surface area contributed by atoms with Crippen LogP contribution in [-0.4, -0.2) is 17.1 Å². The van der Waals surface area contributed by atoms with E-state index in [0.29, 0.717) is 24.4 Å². The molecule has 0 atom stereocenters. The van der Waals surface area contributed by atoms with Gasteiger partial charge in [-0.1, -0.05) is 24.3 Å². The van der Waals surface area contributed by atoms with Crippen LogP contribution in [0.4, 0.5) is 5.69 Å². The van der Waals surface area contributed by atoms with Crippen LogP contribution in [0.5, 0.6) is 11.5 Å². The van der Waals surface area contributed by atoms with Crippen LogP contribution in [0.15, 0.2) is 42.5 Å². The number of ether oxygens (including phenoxy) is 1. The maximum atomic E-state index is 10.7. The zero-order valence-electron chi connectivity index (χ0n) is 11.6. The molecular weight excluding hydrogens is 272 g/mol. The minimum Gasteiger partial charge on any atom is -0.504 e. The molecule has 0 aliphatic heterocycles. The molecule has 2 aromatic carbocycles. The number of hydrogen-bond donors (Lipinski definition) is 2. The smallest absolute Gasteiger partial charge is 0.269 e. The first-order valence-corrected chi connectivity index (χ1v) is 6.40. The monoisotopic (exact) mass is 288 g/mol. The number of para-hydroxylation sites is 1. The lowest BCUT2D eigenvalue weighted by Gasteiger charge is -2.09. The highest BCUT2D eigenvalue weighted by atomic mass is 16.6. The van der Waals surface area contributed by atoms with Crippen LogP contribution < -0.4 is 10.1 Å². The molecule has 0 amide bonds. The van der Waals surface area contributed by atoms with Gasteiger partial charge in [-0.25, -0.2) is 0 Å². The predicted octanol–water partition coefficient (Wildman–Crippen LogP) is 2.60. The lowest BCUT2D eigenvalue weighted by molar-refractivity contribution is -0.384. The van der Waals surface area contributed by atoms with Gasteiger partial charge in [-0.15, -0.1) is 0 Å². The van der Waals surface area contributed by atoms with Crippen LogP contribution >= 0.6 is 0 Å². The van der Waals surface area contributed by atoms with Crippen molar-refractivity contribution >= 4 is 5.69 Å². The number of aromatic hydroxyl groups is 1. The van der Waals surface area contributed by atoms with Crippen LogP contribution in [0, 0.1) is 10.1 Å². The molecule has 0 bridgehead atoms. The number of methoxy groups -OCH3 is 1. The van der Waals surface area contributed by atoms with E-state index in [1.54, 1.807) is 24.3 Å². The number of nitrogens with zero attached hydrogens (tertiary/aromatic N) is 1. The summed E-state index contributed by atoms with van der Waals surface area (Å²) in [5.41, 5.74) is 1.59. The van der Waals surface area contributed by atoms with Crippen molar-refractivity contribution in [2.24, 2.45) is 0 Å². The number of nitro benzene ring substituents is 1.